The van der Waals surface area contributed by atoms with Crippen molar-refractivity contribution in [3.63, 3.8) is 0 Å². The first-order valence-corrected chi connectivity index (χ1v) is 8.47. The summed E-state index contributed by atoms with van der Waals surface area (Å²) in [7, 11) is 0. The maximum atomic E-state index is 11.6. The summed E-state index contributed by atoms with van der Waals surface area (Å²) in [6.45, 7) is 0. The summed E-state index contributed by atoms with van der Waals surface area (Å²) in [6, 6.07) is -0.582. The Labute approximate surface area is 106 Å². The summed E-state index contributed by atoms with van der Waals surface area (Å²) in [4.78, 5) is 24.8. The SMILES string of the molecule is C[I-]OC(=O)C(CS)NC(=O)C1CCC1. The molecule has 0 aromatic rings. The van der Waals surface area contributed by atoms with Crippen LogP contribution in [0.3, 0.4) is 0 Å². The van der Waals surface area contributed by atoms with E-state index in [1.807, 2.05) is 4.93 Å². The van der Waals surface area contributed by atoms with Crippen LogP contribution in [0.5, 0.6) is 0 Å². The molecule has 0 aromatic carbocycles. The average Bonchev–Trinajstić information content (AvgIpc) is 2.11. The topological polar surface area (TPSA) is 55.4 Å². The Morgan fingerprint density at radius 1 is 1.60 bits per heavy atom. The molecule has 1 unspecified atom stereocenters. The average molecular weight is 344 g/mol. The van der Waals surface area contributed by atoms with E-state index in [1.54, 1.807) is 0 Å². The second kappa shape index (κ2) is 6.57. The molecule has 1 rings (SSSR count). The van der Waals surface area contributed by atoms with Crippen LogP contribution in [0.1, 0.15) is 19.3 Å². The molecule has 1 aliphatic rings. The molecule has 88 valence electrons. The summed E-state index contributed by atoms with van der Waals surface area (Å²) in [6.07, 6.45) is 2.97. The van der Waals surface area contributed by atoms with E-state index in [1.165, 1.54) is 0 Å². The van der Waals surface area contributed by atoms with E-state index in [0.717, 1.165) is 19.3 Å². The molecule has 0 heterocycles. The van der Waals surface area contributed by atoms with Gasteiger partial charge in [0.1, 0.15) is 0 Å². The molecular formula is C9H15INO3S-. The van der Waals surface area contributed by atoms with Crippen LogP contribution in [-0.4, -0.2) is 28.6 Å². The first kappa shape index (κ1) is 13.1. The van der Waals surface area contributed by atoms with Crippen molar-refractivity contribution >= 4 is 24.5 Å². The third kappa shape index (κ3) is 3.82. The van der Waals surface area contributed by atoms with Gasteiger partial charge in [-0.2, -0.15) is 0 Å². The normalized spacial score (nSPS) is 18.0. The van der Waals surface area contributed by atoms with Crippen molar-refractivity contribution in [3.05, 3.63) is 0 Å². The Hall–Kier alpha value is 0.0200. The van der Waals surface area contributed by atoms with Gasteiger partial charge >= 0.3 is 106 Å². The van der Waals surface area contributed by atoms with E-state index in [9.17, 15) is 9.59 Å². The van der Waals surface area contributed by atoms with Crippen LogP contribution >= 0.6 is 12.6 Å². The summed E-state index contributed by atoms with van der Waals surface area (Å²) in [5.41, 5.74) is 0. The van der Waals surface area contributed by atoms with Gasteiger partial charge in [-0.15, -0.1) is 0 Å². The van der Waals surface area contributed by atoms with Gasteiger partial charge in [0.05, 0.1) is 0 Å². The number of amides is 1. The molecule has 4 nitrogen and oxygen atoms in total. The minimum atomic E-state index is -0.582. The van der Waals surface area contributed by atoms with Gasteiger partial charge < -0.3 is 0 Å². The van der Waals surface area contributed by atoms with Crippen LogP contribution < -0.4 is 26.9 Å². The number of alkyl halides is 1. The van der Waals surface area contributed by atoms with Crippen LogP contribution in [0.15, 0.2) is 0 Å². The molecule has 0 spiro atoms. The fourth-order valence-electron chi connectivity index (χ4n) is 1.27. The second-order valence-corrected chi connectivity index (χ2v) is 5.11. The van der Waals surface area contributed by atoms with Crippen molar-refractivity contribution in [3.8, 4) is 0 Å². The first-order valence-electron chi connectivity index (χ1n) is 4.80. The number of hydrogen-bond donors (Lipinski definition) is 2. The third-order valence-electron chi connectivity index (χ3n) is 2.41. The van der Waals surface area contributed by atoms with Crippen LogP contribution in [-0.2, 0) is 12.7 Å². The van der Waals surface area contributed by atoms with Gasteiger partial charge in [-0.3, -0.25) is 0 Å². The molecular weight excluding hydrogens is 329 g/mol. The quantitative estimate of drug-likeness (QED) is 0.326. The van der Waals surface area contributed by atoms with Gasteiger partial charge in [0, 0.05) is 0 Å². The molecule has 6 heteroatoms. The zero-order chi connectivity index (χ0) is 11.3. The number of nitrogens with one attached hydrogen (secondary N) is 1. The molecule has 1 aliphatic carbocycles. The molecule has 0 radical (unpaired) electrons. The second-order valence-electron chi connectivity index (χ2n) is 3.42. The molecule has 1 N–H and O–H groups in total. The number of carbonyl (C=O) groups excluding carboxylic acids is 2. The molecule has 0 saturated heterocycles. The molecule has 0 bridgehead atoms. The Morgan fingerprint density at radius 2 is 2.27 bits per heavy atom. The molecule has 1 saturated carbocycles. The molecule has 15 heavy (non-hydrogen) atoms. The van der Waals surface area contributed by atoms with Gasteiger partial charge in [-0.05, 0) is 0 Å². The van der Waals surface area contributed by atoms with Crippen molar-refractivity contribution < 1.29 is 34.3 Å². The number of hydrogen-bond acceptors (Lipinski definition) is 4. The van der Waals surface area contributed by atoms with Gasteiger partial charge in [0.15, 0.2) is 0 Å². The Bertz CT molecular complexity index is 246. The van der Waals surface area contributed by atoms with Crippen molar-refractivity contribution in [2.24, 2.45) is 5.92 Å². The Balaban J connectivity index is 2.37. The Kier molecular flexibility index (Phi) is 5.73. The fraction of sp³-hybridized carbons (Fsp3) is 0.778. The standard InChI is InChI=1S/C9H15INO3S/c1-10-14-9(13)7(5-15)11-8(12)6-3-2-4-6/h6-7,15H,2-5H2,1H3,(H,11,12)/q-1. The molecule has 1 fully saturated rings. The zero-order valence-electron chi connectivity index (χ0n) is 8.53. The molecule has 1 atom stereocenters. The number of halogens is 1. The summed E-state index contributed by atoms with van der Waals surface area (Å²) < 4.78 is 4.93. The predicted molar refractivity (Wildman–Crippen MR) is 55.1 cm³/mol. The van der Waals surface area contributed by atoms with Gasteiger partial charge in [0.2, 0.25) is 0 Å². The number of carbonyl (C=O) groups is 2. The maximum absolute atomic E-state index is 11.6. The third-order valence-corrected chi connectivity index (χ3v) is 3.65. The van der Waals surface area contributed by atoms with E-state index in [0.29, 0.717) is 5.75 Å². The van der Waals surface area contributed by atoms with Crippen molar-refractivity contribution in [2.75, 3.05) is 10.7 Å². The van der Waals surface area contributed by atoms with Crippen LogP contribution in [0, 0.1) is 5.92 Å². The number of thiol groups is 1. The number of rotatable bonds is 5. The van der Waals surface area contributed by atoms with Crippen molar-refractivity contribution in [1.29, 1.82) is 0 Å². The van der Waals surface area contributed by atoms with Gasteiger partial charge in [-0.25, -0.2) is 0 Å². The predicted octanol–water partition coefficient (Wildman–Crippen LogP) is -2.62. The van der Waals surface area contributed by atoms with Gasteiger partial charge in [0.25, 0.3) is 0 Å². The monoisotopic (exact) mass is 344 g/mol. The van der Waals surface area contributed by atoms with E-state index in [2.05, 4.69) is 17.9 Å². The van der Waals surface area contributed by atoms with Gasteiger partial charge in [-0.1, -0.05) is 0 Å². The van der Waals surface area contributed by atoms with Crippen molar-refractivity contribution in [2.45, 2.75) is 25.3 Å². The van der Waals surface area contributed by atoms with Crippen LogP contribution in [0.25, 0.3) is 0 Å². The summed E-state index contributed by atoms with van der Waals surface area (Å²) >= 11 is 3.50. The van der Waals surface area contributed by atoms with Crippen LogP contribution in [0.2, 0.25) is 0 Å². The van der Waals surface area contributed by atoms with E-state index in [-0.39, 0.29) is 17.8 Å². The van der Waals surface area contributed by atoms with E-state index >= 15 is 0 Å². The molecule has 1 amide bonds. The Morgan fingerprint density at radius 3 is 2.67 bits per heavy atom. The molecule has 0 aromatic heterocycles. The first-order chi connectivity index (χ1) is 7.19. The summed E-state index contributed by atoms with van der Waals surface area (Å²) in [5.74, 6) is -0.00265. The molecule has 0 aliphatic heterocycles. The van der Waals surface area contributed by atoms with Crippen molar-refractivity contribution in [1.82, 2.24) is 5.32 Å². The minimum absolute atomic E-state index is 0.0356. The van der Waals surface area contributed by atoms with E-state index < -0.39 is 27.7 Å². The zero-order valence-corrected chi connectivity index (χ0v) is 11.6. The fourth-order valence-corrected chi connectivity index (χ4v) is 2.25. The van der Waals surface area contributed by atoms with Crippen LogP contribution in [0.4, 0.5) is 0 Å². The van der Waals surface area contributed by atoms with E-state index in [4.69, 9.17) is 3.07 Å². The summed E-state index contributed by atoms with van der Waals surface area (Å²) in [5, 5.41) is 2.68.